The summed E-state index contributed by atoms with van der Waals surface area (Å²) in [5, 5.41) is 18.6. The summed E-state index contributed by atoms with van der Waals surface area (Å²) >= 11 is 0. The van der Waals surface area contributed by atoms with Crippen LogP contribution in [0.5, 0.6) is 0 Å². The second-order valence-electron chi connectivity index (χ2n) is 2.98. The maximum atomic E-state index is 10.8. The van der Waals surface area contributed by atoms with Crippen molar-refractivity contribution in [1.29, 1.82) is 0 Å². The molecule has 0 saturated heterocycles. The average molecular weight is 269 g/mol. The standard InChI is InChI=1S/C9H7N3O3S2/c1-6-10-11-9(15-6)17-16-8-5-3-2-4-7(8)12(13)14/h2-5H,1H3. The molecule has 0 bridgehead atoms. The Bertz CT molecular complexity index is 544. The van der Waals surface area contributed by atoms with Gasteiger partial charge in [0.1, 0.15) is 0 Å². The van der Waals surface area contributed by atoms with E-state index in [0.29, 0.717) is 16.0 Å². The van der Waals surface area contributed by atoms with Crippen molar-refractivity contribution in [2.24, 2.45) is 0 Å². The summed E-state index contributed by atoms with van der Waals surface area (Å²) in [5.41, 5.74) is 0.0706. The molecule has 1 heterocycles. The summed E-state index contributed by atoms with van der Waals surface area (Å²) in [7, 11) is 2.42. The molecule has 1 aromatic carbocycles. The van der Waals surface area contributed by atoms with Gasteiger partial charge in [-0.2, -0.15) is 0 Å². The lowest BCUT2D eigenvalue weighted by Gasteiger charge is -1.98. The molecule has 1 aromatic heterocycles. The van der Waals surface area contributed by atoms with Crippen LogP contribution in [-0.2, 0) is 0 Å². The number of nitro groups is 1. The van der Waals surface area contributed by atoms with E-state index >= 15 is 0 Å². The molecule has 0 aliphatic heterocycles. The zero-order chi connectivity index (χ0) is 12.3. The zero-order valence-corrected chi connectivity index (χ0v) is 10.3. The molecule has 17 heavy (non-hydrogen) atoms. The summed E-state index contributed by atoms with van der Waals surface area (Å²) in [6.45, 7) is 1.69. The Morgan fingerprint density at radius 2 is 2.06 bits per heavy atom. The van der Waals surface area contributed by atoms with Crippen molar-refractivity contribution in [1.82, 2.24) is 10.2 Å². The number of aryl methyl sites for hydroxylation is 1. The lowest BCUT2D eigenvalue weighted by atomic mass is 10.3. The first-order chi connectivity index (χ1) is 8.16. The molecule has 0 radical (unpaired) electrons. The maximum Gasteiger partial charge on any atom is 0.287 e. The van der Waals surface area contributed by atoms with Crippen LogP contribution in [0.4, 0.5) is 5.69 Å². The minimum Gasteiger partial charge on any atom is -0.416 e. The van der Waals surface area contributed by atoms with Crippen LogP contribution in [0.2, 0.25) is 0 Å². The number of aromatic nitrogens is 2. The van der Waals surface area contributed by atoms with Gasteiger partial charge in [-0.25, -0.2) is 0 Å². The van der Waals surface area contributed by atoms with Gasteiger partial charge in [-0.3, -0.25) is 10.1 Å². The van der Waals surface area contributed by atoms with Crippen molar-refractivity contribution in [3.05, 3.63) is 40.3 Å². The minimum atomic E-state index is -0.415. The van der Waals surface area contributed by atoms with Crippen molar-refractivity contribution < 1.29 is 9.34 Å². The van der Waals surface area contributed by atoms with Gasteiger partial charge in [-0.1, -0.05) is 12.1 Å². The number of nitrogens with zero attached hydrogens (tertiary/aromatic N) is 3. The smallest absolute Gasteiger partial charge is 0.287 e. The summed E-state index contributed by atoms with van der Waals surface area (Å²) in [6, 6.07) is 6.51. The Balaban J connectivity index is 2.11. The Morgan fingerprint density at radius 3 is 2.71 bits per heavy atom. The average Bonchev–Trinajstić information content (AvgIpc) is 2.73. The lowest BCUT2D eigenvalue weighted by Crippen LogP contribution is -1.88. The Hall–Kier alpha value is -1.54. The van der Waals surface area contributed by atoms with Crippen molar-refractivity contribution in [3.8, 4) is 0 Å². The second-order valence-corrected chi connectivity index (χ2v) is 5.10. The molecule has 0 amide bonds. The number of nitro benzene ring substituents is 1. The number of rotatable bonds is 4. The molecular weight excluding hydrogens is 262 g/mol. The summed E-state index contributed by atoms with van der Waals surface area (Å²) < 4.78 is 5.16. The highest BCUT2D eigenvalue weighted by molar-refractivity contribution is 8.76. The van der Waals surface area contributed by atoms with Crippen LogP contribution in [0.3, 0.4) is 0 Å². The fraction of sp³-hybridized carbons (Fsp3) is 0.111. The lowest BCUT2D eigenvalue weighted by molar-refractivity contribution is -0.387. The highest BCUT2D eigenvalue weighted by Gasteiger charge is 2.14. The Kier molecular flexibility index (Phi) is 3.64. The SMILES string of the molecule is Cc1nnc(SSc2ccccc2[N+](=O)[O-])o1. The highest BCUT2D eigenvalue weighted by atomic mass is 33.1. The van der Waals surface area contributed by atoms with Crippen LogP contribution in [0.15, 0.2) is 38.8 Å². The van der Waals surface area contributed by atoms with Crippen molar-refractivity contribution in [2.75, 3.05) is 0 Å². The van der Waals surface area contributed by atoms with Gasteiger partial charge in [0, 0.05) is 23.8 Å². The fourth-order valence-corrected chi connectivity index (χ4v) is 2.93. The topological polar surface area (TPSA) is 82.1 Å². The van der Waals surface area contributed by atoms with Crippen LogP contribution in [0.25, 0.3) is 0 Å². The van der Waals surface area contributed by atoms with Gasteiger partial charge in [0.15, 0.2) is 0 Å². The van der Waals surface area contributed by atoms with E-state index in [-0.39, 0.29) is 5.69 Å². The molecule has 0 aliphatic rings. The van der Waals surface area contributed by atoms with Crippen LogP contribution in [-0.4, -0.2) is 15.1 Å². The van der Waals surface area contributed by atoms with Crippen LogP contribution >= 0.6 is 21.6 Å². The highest BCUT2D eigenvalue weighted by Crippen LogP contribution is 2.40. The third-order valence-electron chi connectivity index (χ3n) is 1.77. The molecule has 0 spiro atoms. The first kappa shape index (κ1) is 11.9. The third-order valence-corrected chi connectivity index (χ3v) is 3.90. The summed E-state index contributed by atoms with van der Waals surface area (Å²) in [4.78, 5) is 10.9. The molecular formula is C9H7N3O3S2. The van der Waals surface area contributed by atoms with E-state index in [9.17, 15) is 10.1 Å². The number of hydrogen-bond acceptors (Lipinski definition) is 7. The van der Waals surface area contributed by atoms with E-state index < -0.39 is 4.92 Å². The molecule has 88 valence electrons. The van der Waals surface area contributed by atoms with E-state index in [1.54, 1.807) is 25.1 Å². The molecule has 0 fully saturated rings. The molecule has 0 saturated carbocycles. The third kappa shape index (κ3) is 2.98. The summed E-state index contributed by atoms with van der Waals surface area (Å²) in [6.07, 6.45) is 0. The molecule has 8 heteroatoms. The van der Waals surface area contributed by atoms with Gasteiger partial charge >= 0.3 is 0 Å². The molecule has 6 nitrogen and oxygen atoms in total. The van der Waals surface area contributed by atoms with Gasteiger partial charge in [0.05, 0.1) is 9.82 Å². The predicted molar refractivity (Wildman–Crippen MR) is 63.8 cm³/mol. The molecule has 0 aliphatic carbocycles. The predicted octanol–water partition coefficient (Wildman–Crippen LogP) is 3.09. The number of hydrogen-bond donors (Lipinski definition) is 0. The van der Waals surface area contributed by atoms with E-state index in [4.69, 9.17) is 4.42 Å². The van der Waals surface area contributed by atoms with Crippen LogP contribution < -0.4 is 0 Å². The monoisotopic (exact) mass is 269 g/mol. The van der Waals surface area contributed by atoms with Crippen LogP contribution in [0.1, 0.15) is 5.89 Å². The first-order valence-corrected chi connectivity index (χ1v) is 6.70. The molecule has 2 rings (SSSR count). The second kappa shape index (κ2) is 5.19. The fourth-order valence-electron chi connectivity index (χ4n) is 1.07. The van der Waals surface area contributed by atoms with Crippen molar-refractivity contribution in [2.45, 2.75) is 17.0 Å². The van der Waals surface area contributed by atoms with Crippen molar-refractivity contribution in [3.63, 3.8) is 0 Å². The largest absolute Gasteiger partial charge is 0.416 e. The van der Waals surface area contributed by atoms with Gasteiger partial charge in [0.25, 0.3) is 10.9 Å². The van der Waals surface area contributed by atoms with E-state index in [2.05, 4.69) is 10.2 Å². The summed E-state index contributed by atoms with van der Waals surface area (Å²) in [5.74, 6) is 0.468. The van der Waals surface area contributed by atoms with Crippen molar-refractivity contribution >= 4 is 27.3 Å². The van der Waals surface area contributed by atoms with E-state index in [1.807, 2.05) is 0 Å². The number of benzene rings is 1. The Labute approximate surface area is 104 Å². The normalized spacial score (nSPS) is 10.4. The van der Waals surface area contributed by atoms with E-state index in [1.165, 1.54) is 27.7 Å². The molecule has 2 aromatic rings. The van der Waals surface area contributed by atoms with Gasteiger partial charge in [-0.05, 0) is 16.9 Å². The van der Waals surface area contributed by atoms with Gasteiger partial charge < -0.3 is 4.42 Å². The number of para-hydroxylation sites is 1. The zero-order valence-electron chi connectivity index (χ0n) is 8.69. The van der Waals surface area contributed by atoms with E-state index in [0.717, 1.165) is 0 Å². The minimum absolute atomic E-state index is 0.0706. The Morgan fingerprint density at radius 1 is 1.29 bits per heavy atom. The molecule has 0 N–H and O–H groups in total. The molecule has 0 unspecified atom stereocenters. The quantitative estimate of drug-likeness (QED) is 0.479. The first-order valence-electron chi connectivity index (χ1n) is 4.55. The molecule has 0 atom stereocenters. The van der Waals surface area contributed by atoms with Crippen LogP contribution in [0, 0.1) is 17.0 Å². The van der Waals surface area contributed by atoms with Gasteiger partial charge in [-0.15, -0.1) is 10.2 Å². The maximum absolute atomic E-state index is 10.8. The van der Waals surface area contributed by atoms with Gasteiger partial charge in [0.2, 0.25) is 5.89 Å².